The van der Waals surface area contributed by atoms with E-state index in [0.29, 0.717) is 6.04 Å². The Morgan fingerprint density at radius 1 is 1.21 bits per heavy atom. The lowest BCUT2D eigenvalue weighted by molar-refractivity contribution is -0.143. The first-order valence-electron chi connectivity index (χ1n) is 7.56. The minimum atomic E-state index is -0.148. The van der Waals surface area contributed by atoms with Crippen LogP contribution in [-0.2, 0) is 9.53 Å². The van der Waals surface area contributed by atoms with Crippen LogP contribution in [0.4, 0.5) is 0 Å². The molecule has 1 N–H and O–H groups in total. The van der Waals surface area contributed by atoms with Gasteiger partial charge in [-0.3, -0.25) is 14.6 Å². The summed E-state index contributed by atoms with van der Waals surface area (Å²) in [5.41, 5.74) is 0. The van der Waals surface area contributed by atoms with Crippen molar-refractivity contribution in [3.05, 3.63) is 0 Å². The molecule has 3 rings (SSSR count). The molecule has 5 heteroatoms. The molecule has 0 radical (unpaired) electrons. The highest BCUT2D eigenvalue weighted by Gasteiger charge is 2.34. The molecule has 1 heterocycles. The number of hydrogen-bond donors (Lipinski definition) is 1. The molecule has 0 aromatic heterocycles. The fourth-order valence-electron chi connectivity index (χ4n) is 2.88. The van der Waals surface area contributed by atoms with Gasteiger partial charge in [-0.1, -0.05) is 0 Å². The third-order valence-electron chi connectivity index (χ3n) is 4.41. The zero-order valence-electron chi connectivity index (χ0n) is 11.8. The van der Waals surface area contributed by atoms with E-state index in [0.717, 1.165) is 38.8 Å². The smallest absolute Gasteiger partial charge is 0.324 e. The van der Waals surface area contributed by atoms with E-state index in [-0.39, 0.29) is 12.0 Å². The lowest BCUT2D eigenvalue weighted by Gasteiger charge is -2.36. The normalized spacial score (nSPS) is 27.2. The van der Waals surface area contributed by atoms with Crippen LogP contribution in [0.5, 0.6) is 0 Å². The fraction of sp³-hybridized carbons (Fsp3) is 0.929. The SMILES string of the molecule is COC(=O)C(CN1CCN(C2CC2)CC1)NC1CC1. The van der Waals surface area contributed by atoms with E-state index in [4.69, 9.17) is 4.74 Å². The number of methoxy groups -OCH3 is 1. The van der Waals surface area contributed by atoms with Crippen LogP contribution in [0.2, 0.25) is 0 Å². The fourth-order valence-corrected chi connectivity index (χ4v) is 2.88. The first-order valence-corrected chi connectivity index (χ1v) is 7.56. The molecule has 0 aromatic rings. The number of rotatable bonds is 6. The molecule has 0 amide bonds. The van der Waals surface area contributed by atoms with Crippen molar-refractivity contribution in [1.82, 2.24) is 15.1 Å². The van der Waals surface area contributed by atoms with Crippen molar-refractivity contribution in [2.45, 2.75) is 43.8 Å². The van der Waals surface area contributed by atoms with Crippen molar-refractivity contribution in [3.63, 3.8) is 0 Å². The monoisotopic (exact) mass is 267 g/mol. The van der Waals surface area contributed by atoms with Crippen LogP contribution in [0.3, 0.4) is 0 Å². The summed E-state index contributed by atoms with van der Waals surface area (Å²) in [5, 5.41) is 3.41. The van der Waals surface area contributed by atoms with Gasteiger partial charge < -0.3 is 10.1 Å². The molecule has 1 unspecified atom stereocenters. The second-order valence-corrected chi connectivity index (χ2v) is 6.08. The van der Waals surface area contributed by atoms with E-state index in [1.54, 1.807) is 0 Å². The van der Waals surface area contributed by atoms with Crippen molar-refractivity contribution < 1.29 is 9.53 Å². The van der Waals surface area contributed by atoms with Crippen molar-refractivity contribution >= 4 is 5.97 Å². The maximum absolute atomic E-state index is 11.8. The Kier molecular flexibility index (Phi) is 4.05. The predicted octanol–water partition coefficient (Wildman–Crippen LogP) is 0.0600. The van der Waals surface area contributed by atoms with Crippen LogP contribution in [0.1, 0.15) is 25.7 Å². The summed E-state index contributed by atoms with van der Waals surface area (Å²) in [5.74, 6) is -0.114. The number of esters is 1. The summed E-state index contributed by atoms with van der Waals surface area (Å²) in [6.45, 7) is 5.26. The van der Waals surface area contributed by atoms with E-state index in [1.165, 1.54) is 32.8 Å². The van der Waals surface area contributed by atoms with E-state index >= 15 is 0 Å². The molecule has 1 atom stereocenters. The van der Waals surface area contributed by atoms with Crippen molar-refractivity contribution in [1.29, 1.82) is 0 Å². The van der Waals surface area contributed by atoms with Gasteiger partial charge in [0.05, 0.1) is 7.11 Å². The van der Waals surface area contributed by atoms with Gasteiger partial charge in [-0.15, -0.1) is 0 Å². The maximum Gasteiger partial charge on any atom is 0.324 e. The Hall–Kier alpha value is -0.650. The third kappa shape index (κ3) is 3.68. The van der Waals surface area contributed by atoms with E-state index in [9.17, 15) is 4.79 Å². The molecule has 0 aromatic carbocycles. The molecule has 3 fully saturated rings. The molecule has 19 heavy (non-hydrogen) atoms. The van der Waals surface area contributed by atoms with Gasteiger partial charge in [-0.2, -0.15) is 0 Å². The standard InChI is InChI=1S/C14H25N3O2/c1-19-14(18)13(15-11-2-3-11)10-16-6-8-17(9-7-16)12-4-5-12/h11-13,15H,2-10H2,1H3. The van der Waals surface area contributed by atoms with Gasteiger partial charge in [0, 0.05) is 44.8 Å². The lowest BCUT2D eigenvalue weighted by Crippen LogP contribution is -2.53. The van der Waals surface area contributed by atoms with Crippen molar-refractivity contribution in [2.24, 2.45) is 0 Å². The number of nitrogens with zero attached hydrogens (tertiary/aromatic N) is 2. The molecule has 1 aliphatic heterocycles. The van der Waals surface area contributed by atoms with Gasteiger partial charge in [-0.25, -0.2) is 0 Å². The van der Waals surface area contributed by atoms with Crippen LogP contribution in [-0.4, -0.2) is 73.7 Å². The molecule has 3 aliphatic rings. The highest BCUT2D eigenvalue weighted by molar-refractivity contribution is 5.76. The summed E-state index contributed by atoms with van der Waals surface area (Å²) >= 11 is 0. The van der Waals surface area contributed by atoms with Gasteiger partial charge in [0.2, 0.25) is 0 Å². The van der Waals surface area contributed by atoms with E-state index in [2.05, 4.69) is 15.1 Å². The number of ether oxygens (including phenoxy) is 1. The zero-order chi connectivity index (χ0) is 13.2. The van der Waals surface area contributed by atoms with Crippen LogP contribution < -0.4 is 5.32 Å². The second kappa shape index (κ2) is 5.77. The second-order valence-electron chi connectivity index (χ2n) is 6.08. The highest BCUT2D eigenvalue weighted by Crippen LogP contribution is 2.27. The summed E-state index contributed by atoms with van der Waals surface area (Å²) < 4.78 is 4.91. The first kappa shape index (κ1) is 13.3. The van der Waals surface area contributed by atoms with Crippen LogP contribution in [0, 0.1) is 0 Å². The number of hydrogen-bond acceptors (Lipinski definition) is 5. The van der Waals surface area contributed by atoms with Crippen molar-refractivity contribution in [2.75, 3.05) is 39.8 Å². The van der Waals surface area contributed by atoms with Crippen molar-refractivity contribution in [3.8, 4) is 0 Å². The van der Waals surface area contributed by atoms with E-state index in [1.807, 2.05) is 0 Å². The Balaban J connectivity index is 1.46. The van der Waals surface area contributed by atoms with Crippen LogP contribution >= 0.6 is 0 Å². The number of carbonyl (C=O) groups excluding carboxylic acids is 1. The van der Waals surface area contributed by atoms with E-state index < -0.39 is 0 Å². The minimum Gasteiger partial charge on any atom is -0.468 e. The van der Waals surface area contributed by atoms with Gasteiger partial charge >= 0.3 is 5.97 Å². The summed E-state index contributed by atoms with van der Waals surface area (Å²) in [7, 11) is 1.48. The Bertz CT molecular complexity index is 321. The molecule has 108 valence electrons. The number of carbonyl (C=O) groups is 1. The molecule has 2 saturated carbocycles. The molecule has 5 nitrogen and oxygen atoms in total. The molecular weight excluding hydrogens is 242 g/mol. The number of nitrogens with one attached hydrogen (secondary N) is 1. The Labute approximate surface area is 115 Å². The van der Waals surface area contributed by atoms with Crippen LogP contribution in [0.15, 0.2) is 0 Å². The lowest BCUT2D eigenvalue weighted by atomic mass is 10.2. The average Bonchev–Trinajstić information content (AvgIpc) is 3.30. The quantitative estimate of drug-likeness (QED) is 0.690. The summed E-state index contributed by atoms with van der Waals surface area (Å²) in [6.07, 6.45) is 5.16. The molecule has 1 saturated heterocycles. The summed E-state index contributed by atoms with van der Waals surface area (Å²) in [6, 6.07) is 1.25. The number of piperazine rings is 1. The topological polar surface area (TPSA) is 44.8 Å². The van der Waals surface area contributed by atoms with Gasteiger partial charge in [0.1, 0.15) is 6.04 Å². The molecular formula is C14H25N3O2. The average molecular weight is 267 g/mol. The van der Waals surface area contributed by atoms with Gasteiger partial charge in [0.15, 0.2) is 0 Å². The Morgan fingerprint density at radius 2 is 1.89 bits per heavy atom. The third-order valence-corrected chi connectivity index (χ3v) is 4.41. The first-order chi connectivity index (χ1) is 9.26. The van der Waals surface area contributed by atoms with Gasteiger partial charge in [-0.05, 0) is 25.7 Å². The Morgan fingerprint density at radius 3 is 2.42 bits per heavy atom. The predicted molar refractivity (Wildman–Crippen MR) is 73.0 cm³/mol. The molecule has 0 bridgehead atoms. The maximum atomic E-state index is 11.8. The zero-order valence-corrected chi connectivity index (χ0v) is 11.8. The van der Waals surface area contributed by atoms with Crippen LogP contribution in [0.25, 0.3) is 0 Å². The largest absolute Gasteiger partial charge is 0.468 e. The highest BCUT2D eigenvalue weighted by atomic mass is 16.5. The molecule has 2 aliphatic carbocycles. The summed E-state index contributed by atoms with van der Waals surface area (Å²) in [4.78, 5) is 16.8. The van der Waals surface area contributed by atoms with Gasteiger partial charge in [0.25, 0.3) is 0 Å². The minimum absolute atomic E-state index is 0.114. The molecule has 0 spiro atoms.